The van der Waals surface area contributed by atoms with Crippen molar-refractivity contribution in [1.82, 2.24) is 4.98 Å². The first-order valence-corrected chi connectivity index (χ1v) is 8.82. The minimum atomic E-state index is -0.214. The van der Waals surface area contributed by atoms with E-state index < -0.39 is 0 Å². The highest BCUT2D eigenvalue weighted by Crippen LogP contribution is 2.34. The van der Waals surface area contributed by atoms with Gasteiger partial charge in [-0.2, -0.15) is 0 Å². The molecule has 0 unspecified atom stereocenters. The third-order valence-electron chi connectivity index (χ3n) is 3.92. The fourth-order valence-electron chi connectivity index (χ4n) is 2.67. The number of thiazole rings is 1. The summed E-state index contributed by atoms with van der Waals surface area (Å²) in [6.45, 7) is 2.27. The Morgan fingerprint density at radius 3 is 2.76 bits per heavy atom. The van der Waals surface area contributed by atoms with E-state index in [0.29, 0.717) is 22.2 Å². The first kappa shape index (κ1) is 15.7. The summed E-state index contributed by atoms with van der Waals surface area (Å²) in [4.78, 5) is 18.3. The van der Waals surface area contributed by atoms with Crippen molar-refractivity contribution in [2.75, 3.05) is 12.1 Å². The number of fused-ring (bicyclic) bond motifs is 1. The molecule has 0 saturated carbocycles. The van der Waals surface area contributed by atoms with Gasteiger partial charge in [-0.15, -0.1) is 11.3 Å². The lowest BCUT2D eigenvalue weighted by Crippen LogP contribution is -2.11. The summed E-state index contributed by atoms with van der Waals surface area (Å²) in [5, 5.41) is 3.48. The van der Waals surface area contributed by atoms with Crippen LogP contribution in [-0.2, 0) is 6.42 Å². The van der Waals surface area contributed by atoms with Gasteiger partial charge in [-0.25, -0.2) is 4.98 Å². The molecule has 2 aromatic carbocycles. The van der Waals surface area contributed by atoms with Gasteiger partial charge in [0.05, 0.1) is 5.69 Å². The Bertz CT molecular complexity index is 922. The molecule has 1 aromatic heterocycles. The van der Waals surface area contributed by atoms with Gasteiger partial charge in [0.1, 0.15) is 0 Å². The van der Waals surface area contributed by atoms with Gasteiger partial charge < -0.3 is 9.47 Å². The third kappa shape index (κ3) is 3.08. The molecule has 3 aromatic rings. The number of aryl methyl sites for hydroxylation is 1. The minimum absolute atomic E-state index is 0.188. The van der Waals surface area contributed by atoms with E-state index in [-0.39, 0.29) is 12.7 Å². The lowest BCUT2D eigenvalue weighted by Gasteiger charge is -2.03. The topological polar surface area (TPSA) is 60.5 Å². The van der Waals surface area contributed by atoms with Crippen molar-refractivity contribution >= 4 is 22.4 Å². The largest absolute Gasteiger partial charge is 0.454 e. The smallest absolute Gasteiger partial charge is 0.257 e. The molecule has 0 aliphatic carbocycles. The fraction of sp³-hybridized carbons (Fsp3) is 0.158. The average molecular weight is 352 g/mol. The molecule has 0 radical (unpaired) electrons. The van der Waals surface area contributed by atoms with Gasteiger partial charge in [0.2, 0.25) is 6.79 Å². The maximum absolute atomic E-state index is 12.5. The van der Waals surface area contributed by atoms with Crippen LogP contribution in [0, 0.1) is 0 Å². The molecule has 4 rings (SSSR count). The maximum Gasteiger partial charge on any atom is 0.257 e. The monoisotopic (exact) mass is 352 g/mol. The Kier molecular flexibility index (Phi) is 4.11. The molecule has 0 atom stereocenters. The first-order valence-electron chi connectivity index (χ1n) is 8.00. The van der Waals surface area contributed by atoms with Gasteiger partial charge in [0.15, 0.2) is 16.6 Å². The standard InChI is InChI=1S/C19H16N2O3S/c1-2-16-17(12-6-4-3-5-7-12)20-19(25-16)21-18(22)13-8-9-14-15(10-13)24-11-23-14/h3-10H,2,11H2,1H3,(H,20,21,22). The van der Waals surface area contributed by atoms with E-state index in [1.807, 2.05) is 30.3 Å². The lowest BCUT2D eigenvalue weighted by atomic mass is 10.1. The summed E-state index contributed by atoms with van der Waals surface area (Å²) < 4.78 is 10.6. The van der Waals surface area contributed by atoms with Crippen molar-refractivity contribution in [2.45, 2.75) is 13.3 Å². The molecule has 2 heterocycles. The van der Waals surface area contributed by atoms with Crippen LogP contribution < -0.4 is 14.8 Å². The van der Waals surface area contributed by atoms with Crippen molar-refractivity contribution in [1.29, 1.82) is 0 Å². The molecule has 1 aliphatic rings. The molecule has 25 heavy (non-hydrogen) atoms. The molecular formula is C19H16N2O3S. The molecule has 126 valence electrons. The van der Waals surface area contributed by atoms with E-state index in [1.165, 1.54) is 11.3 Å². The Labute approximate surface area is 149 Å². The molecule has 1 N–H and O–H groups in total. The van der Waals surface area contributed by atoms with E-state index in [4.69, 9.17) is 9.47 Å². The van der Waals surface area contributed by atoms with Gasteiger partial charge in [-0.1, -0.05) is 37.3 Å². The Morgan fingerprint density at radius 2 is 1.96 bits per heavy atom. The summed E-state index contributed by atoms with van der Waals surface area (Å²) in [5.74, 6) is 1.03. The zero-order valence-electron chi connectivity index (χ0n) is 13.6. The molecule has 0 spiro atoms. The van der Waals surface area contributed by atoms with Crippen LogP contribution in [0.15, 0.2) is 48.5 Å². The predicted octanol–water partition coefficient (Wildman–Crippen LogP) is 4.35. The summed E-state index contributed by atoms with van der Waals surface area (Å²) in [7, 11) is 0. The summed E-state index contributed by atoms with van der Waals surface area (Å²) in [6.07, 6.45) is 0.863. The molecule has 0 saturated heterocycles. The number of nitrogens with zero attached hydrogens (tertiary/aromatic N) is 1. The molecule has 1 aliphatic heterocycles. The van der Waals surface area contributed by atoms with Crippen LogP contribution in [0.3, 0.4) is 0 Å². The van der Waals surface area contributed by atoms with Crippen molar-refractivity contribution in [3.63, 3.8) is 0 Å². The van der Waals surface area contributed by atoms with Crippen LogP contribution in [0.2, 0.25) is 0 Å². The Morgan fingerprint density at radius 1 is 1.16 bits per heavy atom. The van der Waals surface area contributed by atoms with E-state index in [9.17, 15) is 4.79 Å². The number of hydrogen-bond acceptors (Lipinski definition) is 5. The molecule has 6 heteroatoms. The average Bonchev–Trinajstić information content (AvgIpc) is 3.28. The maximum atomic E-state index is 12.5. The number of anilines is 1. The highest BCUT2D eigenvalue weighted by atomic mass is 32.1. The highest BCUT2D eigenvalue weighted by molar-refractivity contribution is 7.16. The molecule has 1 amide bonds. The van der Waals surface area contributed by atoms with E-state index >= 15 is 0 Å². The number of carbonyl (C=O) groups excluding carboxylic acids is 1. The van der Waals surface area contributed by atoms with Gasteiger partial charge >= 0.3 is 0 Å². The minimum Gasteiger partial charge on any atom is -0.454 e. The second kappa shape index (κ2) is 6.57. The van der Waals surface area contributed by atoms with E-state index in [1.54, 1.807) is 18.2 Å². The number of aromatic nitrogens is 1. The van der Waals surface area contributed by atoms with Crippen molar-refractivity contribution in [2.24, 2.45) is 0 Å². The van der Waals surface area contributed by atoms with Crippen LogP contribution in [-0.4, -0.2) is 17.7 Å². The van der Waals surface area contributed by atoms with Crippen LogP contribution in [0.5, 0.6) is 11.5 Å². The lowest BCUT2D eigenvalue weighted by molar-refractivity contribution is 0.102. The highest BCUT2D eigenvalue weighted by Gasteiger charge is 2.18. The first-order chi connectivity index (χ1) is 12.2. The summed E-state index contributed by atoms with van der Waals surface area (Å²) in [6, 6.07) is 15.1. The summed E-state index contributed by atoms with van der Waals surface area (Å²) >= 11 is 1.50. The van der Waals surface area contributed by atoms with Crippen molar-refractivity contribution < 1.29 is 14.3 Å². The molecule has 0 fully saturated rings. The molecule has 0 bridgehead atoms. The number of benzene rings is 2. The normalized spacial score (nSPS) is 12.2. The van der Waals surface area contributed by atoms with Crippen LogP contribution in [0.1, 0.15) is 22.2 Å². The third-order valence-corrected chi connectivity index (χ3v) is 5.04. The SMILES string of the molecule is CCc1sc(NC(=O)c2ccc3c(c2)OCO3)nc1-c1ccccc1. The molecular weight excluding hydrogens is 336 g/mol. The van der Waals surface area contributed by atoms with E-state index in [2.05, 4.69) is 17.2 Å². The van der Waals surface area contributed by atoms with Crippen LogP contribution in [0.25, 0.3) is 11.3 Å². The predicted molar refractivity (Wildman–Crippen MR) is 97.4 cm³/mol. The number of ether oxygens (including phenoxy) is 2. The van der Waals surface area contributed by atoms with Crippen molar-refractivity contribution in [3.05, 3.63) is 59.0 Å². The number of rotatable bonds is 4. The van der Waals surface area contributed by atoms with Crippen LogP contribution >= 0.6 is 11.3 Å². The van der Waals surface area contributed by atoms with Gasteiger partial charge in [-0.3, -0.25) is 10.1 Å². The number of hydrogen-bond donors (Lipinski definition) is 1. The molecule has 5 nitrogen and oxygen atoms in total. The second-order valence-corrected chi connectivity index (χ2v) is 6.62. The number of nitrogens with one attached hydrogen (secondary N) is 1. The fourth-order valence-corrected chi connectivity index (χ4v) is 3.59. The second-order valence-electron chi connectivity index (χ2n) is 5.53. The zero-order valence-corrected chi connectivity index (χ0v) is 14.4. The summed E-state index contributed by atoms with van der Waals surface area (Å²) in [5.41, 5.74) is 2.49. The van der Waals surface area contributed by atoms with E-state index in [0.717, 1.165) is 22.6 Å². The number of amides is 1. The van der Waals surface area contributed by atoms with Crippen molar-refractivity contribution in [3.8, 4) is 22.8 Å². The zero-order chi connectivity index (χ0) is 17.2. The van der Waals surface area contributed by atoms with Crippen LogP contribution in [0.4, 0.5) is 5.13 Å². The quantitative estimate of drug-likeness (QED) is 0.758. The van der Waals surface area contributed by atoms with Gasteiger partial charge in [0, 0.05) is 16.0 Å². The Balaban J connectivity index is 1.58. The van der Waals surface area contributed by atoms with Gasteiger partial charge in [0.25, 0.3) is 5.91 Å². The van der Waals surface area contributed by atoms with Gasteiger partial charge in [-0.05, 0) is 24.6 Å². The number of carbonyl (C=O) groups is 1. The Hall–Kier alpha value is -2.86.